The molecule has 20 heavy (non-hydrogen) atoms. The van der Waals surface area contributed by atoms with E-state index in [4.69, 9.17) is 16.3 Å². The van der Waals surface area contributed by atoms with Crippen molar-refractivity contribution in [1.82, 2.24) is 5.32 Å². The molecule has 112 valence electrons. The molecular formula is C12H14BrClFNO3S. The molecule has 1 aromatic rings. The molecule has 0 saturated carbocycles. The molecule has 1 unspecified atom stereocenters. The van der Waals surface area contributed by atoms with Crippen LogP contribution in [0.1, 0.15) is 6.42 Å². The summed E-state index contributed by atoms with van der Waals surface area (Å²) in [5.74, 6) is 0.235. The average molecular weight is 387 g/mol. The van der Waals surface area contributed by atoms with E-state index in [0.29, 0.717) is 29.8 Å². The predicted molar refractivity (Wildman–Crippen MR) is 79.7 cm³/mol. The Labute approximate surface area is 130 Å². The van der Waals surface area contributed by atoms with Crippen molar-refractivity contribution in [2.75, 3.05) is 24.7 Å². The van der Waals surface area contributed by atoms with E-state index >= 15 is 0 Å². The first-order chi connectivity index (χ1) is 9.37. The lowest BCUT2D eigenvalue weighted by atomic mass is 10.3. The molecule has 1 aliphatic heterocycles. The van der Waals surface area contributed by atoms with Gasteiger partial charge in [-0.1, -0.05) is 11.6 Å². The van der Waals surface area contributed by atoms with Gasteiger partial charge < -0.3 is 10.1 Å². The van der Waals surface area contributed by atoms with Crippen LogP contribution in [0, 0.1) is 5.82 Å². The standard InChI is InChI=1S/C12H14BrClFNO3S/c13-9-5-10(14)11(15)6-12(9)19-3-2-16-8-1-4-20(17,18)7-8/h5-6,8,16H,1-4,7H2. The molecule has 1 N–H and O–H groups in total. The van der Waals surface area contributed by atoms with Gasteiger partial charge in [-0.15, -0.1) is 0 Å². The number of halogens is 3. The van der Waals surface area contributed by atoms with Gasteiger partial charge in [-0.25, -0.2) is 12.8 Å². The first-order valence-corrected chi connectivity index (χ1v) is 9.08. The Morgan fingerprint density at radius 1 is 1.50 bits per heavy atom. The van der Waals surface area contributed by atoms with Crippen LogP contribution >= 0.6 is 27.5 Å². The van der Waals surface area contributed by atoms with E-state index in [1.165, 1.54) is 12.1 Å². The second-order valence-electron chi connectivity index (χ2n) is 4.60. The molecule has 0 amide bonds. The SMILES string of the molecule is O=S1(=O)CCC(NCCOc2cc(F)c(Cl)cc2Br)C1. The van der Waals surface area contributed by atoms with Gasteiger partial charge in [0, 0.05) is 18.7 Å². The third-order valence-corrected chi connectivity index (χ3v) is 5.68. The topological polar surface area (TPSA) is 55.4 Å². The number of benzene rings is 1. The van der Waals surface area contributed by atoms with Crippen LogP contribution in [0.15, 0.2) is 16.6 Å². The van der Waals surface area contributed by atoms with Crippen molar-refractivity contribution in [3.63, 3.8) is 0 Å². The van der Waals surface area contributed by atoms with Crippen LogP contribution in [0.3, 0.4) is 0 Å². The van der Waals surface area contributed by atoms with Gasteiger partial charge in [-0.05, 0) is 28.4 Å². The van der Waals surface area contributed by atoms with Crippen LogP contribution in [-0.4, -0.2) is 39.1 Å². The molecule has 1 atom stereocenters. The van der Waals surface area contributed by atoms with Gasteiger partial charge in [0.25, 0.3) is 0 Å². The summed E-state index contributed by atoms with van der Waals surface area (Å²) in [4.78, 5) is 0. The Morgan fingerprint density at radius 2 is 2.25 bits per heavy atom. The first-order valence-electron chi connectivity index (χ1n) is 6.08. The second kappa shape index (κ2) is 6.60. The minimum atomic E-state index is -2.88. The molecule has 0 spiro atoms. The Balaban J connectivity index is 1.78. The zero-order valence-electron chi connectivity index (χ0n) is 10.5. The van der Waals surface area contributed by atoms with Crippen molar-refractivity contribution in [3.8, 4) is 5.75 Å². The van der Waals surface area contributed by atoms with Crippen LogP contribution in [0.25, 0.3) is 0 Å². The van der Waals surface area contributed by atoms with Gasteiger partial charge in [0.05, 0.1) is 21.0 Å². The monoisotopic (exact) mass is 385 g/mol. The van der Waals surface area contributed by atoms with Crippen molar-refractivity contribution in [3.05, 3.63) is 27.4 Å². The molecule has 0 aromatic heterocycles. The normalized spacial score (nSPS) is 21.1. The Bertz CT molecular complexity index is 597. The highest BCUT2D eigenvalue weighted by molar-refractivity contribution is 9.10. The van der Waals surface area contributed by atoms with Crippen molar-refractivity contribution < 1.29 is 17.5 Å². The molecular weight excluding hydrogens is 373 g/mol. The average Bonchev–Trinajstić information content (AvgIpc) is 2.70. The summed E-state index contributed by atoms with van der Waals surface area (Å²) >= 11 is 8.87. The summed E-state index contributed by atoms with van der Waals surface area (Å²) in [7, 11) is -2.88. The third kappa shape index (κ3) is 4.31. The van der Waals surface area contributed by atoms with Gasteiger partial charge in [0.15, 0.2) is 9.84 Å². The van der Waals surface area contributed by atoms with Crippen molar-refractivity contribution in [2.24, 2.45) is 0 Å². The van der Waals surface area contributed by atoms with E-state index < -0.39 is 15.7 Å². The van der Waals surface area contributed by atoms with Gasteiger partial charge in [-0.3, -0.25) is 0 Å². The molecule has 0 aliphatic carbocycles. The highest BCUT2D eigenvalue weighted by Gasteiger charge is 2.27. The zero-order valence-corrected chi connectivity index (χ0v) is 13.7. The zero-order chi connectivity index (χ0) is 14.8. The maximum absolute atomic E-state index is 13.3. The highest BCUT2D eigenvalue weighted by Crippen LogP contribution is 2.30. The Morgan fingerprint density at radius 3 is 2.90 bits per heavy atom. The summed E-state index contributed by atoms with van der Waals surface area (Å²) < 4.78 is 41.8. The molecule has 4 nitrogen and oxygen atoms in total. The van der Waals surface area contributed by atoms with Crippen molar-refractivity contribution in [2.45, 2.75) is 12.5 Å². The number of hydrogen-bond acceptors (Lipinski definition) is 4. The second-order valence-corrected chi connectivity index (χ2v) is 8.09. The van der Waals surface area contributed by atoms with Crippen LogP contribution in [0.2, 0.25) is 5.02 Å². The van der Waals surface area contributed by atoms with Gasteiger partial charge in [0.2, 0.25) is 0 Å². The van der Waals surface area contributed by atoms with Gasteiger partial charge in [-0.2, -0.15) is 0 Å². The van der Waals surface area contributed by atoms with E-state index in [0.717, 1.165) is 0 Å². The van der Waals surface area contributed by atoms with E-state index in [-0.39, 0.29) is 22.6 Å². The minimum Gasteiger partial charge on any atom is -0.491 e. The lowest BCUT2D eigenvalue weighted by molar-refractivity contribution is 0.304. The fraction of sp³-hybridized carbons (Fsp3) is 0.500. The molecule has 0 radical (unpaired) electrons. The fourth-order valence-electron chi connectivity index (χ4n) is 1.99. The molecule has 1 heterocycles. The van der Waals surface area contributed by atoms with E-state index in [1.807, 2.05) is 0 Å². The van der Waals surface area contributed by atoms with Crippen LogP contribution in [0.4, 0.5) is 4.39 Å². The molecule has 1 fully saturated rings. The molecule has 8 heteroatoms. The molecule has 2 rings (SSSR count). The van der Waals surface area contributed by atoms with Gasteiger partial charge >= 0.3 is 0 Å². The van der Waals surface area contributed by atoms with Crippen LogP contribution in [-0.2, 0) is 9.84 Å². The number of sulfone groups is 1. The van der Waals surface area contributed by atoms with Crippen LogP contribution in [0.5, 0.6) is 5.75 Å². The summed E-state index contributed by atoms with van der Waals surface area (Å²) in [6, 6.07) is 2.63. The molecule has 1 saturated heterocycles. The maximum Gasteiger partial charge on any atom is 0.151 e. The minimum absolute atomic E-state index is 0.0194. The quantitative estimate of drug-likeness (QED) is 0.624. The van der Waals surface area contributed by atoms with Gasteiger partial charge in [0.1, 0.15) is 18.2 Å². The lowest BCUT2D eigenvalue weighted by Crippen LogP contribution is -2.33. The summed E-state index contributed by atoms with van der Waals surface area (Å²) in [6.07, 6.45) is 0.627. The fourth-order valence-corrected chi connectivity index (χ4v) is 4.46. The van der Waals surface area contributed by atoms with Crippen LogP contribution < -0.4 is 10.1 Å². The van der Waals surface area contributed by atoms with E-state index in [1.54, 1.807) is 0 Å². The number of nitrogens with one attached hydrogen (secondary N) is 1. The van der Waals surface area contributed by atoms with Crippen molar-refractivity contribution in [1.29, 1.82) is 0 Å². The van der Waals surface area contributed by atoms with Crippen molar-refractivity contribution >= 4 is 37.4 Å². The van der Waals surface area contributed by atoms with E-state index in [9.17, 15) is 12.8 Å². The summed E-state index contributed by atoms with van der Waals surface area (Å²) in [5, 5.41) is 3.14. The molecule has 0 bridgehead atoms. The lowest BCUT2D eigenvalue weighted by Gasteiger charge is -2.12. The third-order valence-electron chi connectivity index (χ3n) is 3.00. The number of ether oxygens (including phenoxy) is 1. The smallest absolute Gasteiger partial charge is 0.151 e. The Kier molecular flexibility index (Phi) is 5.28. The molecule has 1 aliphatic rings. The highest BCUT2D eigenvalue weighted by atomic mass is 79.9. The summed E-state index contributed by atoms with van der Waals surface area (Å²) in [5.41, 5.74) is 0. The number of rotatable bonds is 5. The Hall–Kier alpha value is -0.370. The largest absolute Gasteiger partial charge is 0.491 e. The first kappa shape index (κ1) is 16.0. The maximum atomic E-state index is 13.3. The summed E-state index contributed by atoms with van der Waals surface area (Å²) in [6.45, 7) is 0.813. The van der Waals surface area contributed by atoms with E-state index in [2.05, 4.69) is 21.2 Å². The molecule has 1 aromatic carbocycles. The number of hydrogen-bond donors (Lipinski definition) is 1. The predicted octanol–water partition coefficient (Wildman–Crippen LogP) is 2.40.